The summed E-state index contributed by atoms with van der Waals surface area (Å²) in [6, 6.07) is 11.1. The number of hydrogen-bond donors (Lipinski definition) is 1. The first-order valence-corrected chi connectivity index (χ1v) is 9.99. The van der Waals surface area contributed by atoms with Crippen molar-refractivity contribution >= 4 is 5.91 Å². The molecule has 1 aliphatic carbocycles. The number of hydrogen-bond acceptors (Lipinski definition) is 3. The van der Waals surface area contributed by atoms with Crippen molar-refractivity contribution in [3.63, 3.8) is 0 Å². The van der Waals surface area contributed by atoms with Gasteiger partial charge < -0.3 is 10.2 Å². The molecule has 0 aromatic heterocycles. The van der Waals surface area contributed by atoms with Gasteiger partial charge in [-0.05, 0) is 30.7 Å². The minimum atomic E-state index is 0.219. The zero-order valence-electron chi connectivity index (χ0n) is 15.6. The molecular weight excluding hydrogens is 310 g/mol. The molecule has 0 bridgehead atoms. The fraction of sp³-hybridized carbons (Fsp3) is 0.667. The molecule has 1 N–H and O–H groups in total. The zero-order valence-corrected chi connectivity index (χ0v) is 15.6. The highest BCUT2D eigenvalue weighted by molar-refractivity contribution is 5.78. The molecule has 1 heterocycles. The second kappa shape index (κ2) is 9.35. The van der Waals surface area contributed by atoms with E-state index in [0.717, 1.165) is 45.6 Å². The van der Waals surface area contributed by atoms with Crippen molar-refractivity contribution in [1.29, 1.82) is 0 Å². The third-order valence-electron chi connectivity index (χ3n) is 5.85. The molecule has 2 fully saturated rings. The Morgan fingerprint density at radius 3 is 2.44 bits per heavy atom. The van der Waals surface area contributed by atoms with E-state index in [2.05, 4.69) is 52.4 Å². The SMILES string of the molecule is C[C@@H]1CCCC[C@H]1NC(=O)CN1CCN(CCc2ccccc2)CC1. The topological polar surface area (TPSA) is 35.6 Å². The van der Waals surface area contributed by atoms with E-state index < -0.39 is 0 Å². The van der Waals surface area contributed by atoms with E-state index >= 15 is 0 Å². The fourth-order valence-corrected chi connectivity index (χ4v) is 4.09. The molecule has 2 atom stereocenters. The number of nitrogens with zero attached hydrogens (tertiary/aromatic N) is 2. The smallest absolute Gasteiger partial charge is 0.234 e. The van der Waals surface area contributed by atoms with Gasteiger partial charge in [0, 0.05) is 38.8 Å². The molecule has 1 aromatic rings. The number of rotatable bonds is 6. The average molecular weight is 344 g/mol. The van der Waals surface area contributed by atoms with Crippen LogP contribution in [0.3, 0.4) is 0 Å². The molecule has 1 aromatic carbocycles. The maximum absolute atomic E-state index is 12.4. The molecule has 1 saturated carbocycles. The van der Waals surface area contributed by atoms with Gasteiger partial charge >= 0.3 is 0 Å². The Labute approximate surface area is 152 Å². The van der Waals surface area contributed by atoms with E-state index in [0.29, 0.717) is 18.5 Å². The first-order valence-electron chi connectivity index (χ1n) is 9.99. The fourth-order valence-electron chi connectivity index (χ4n) is 4.09. The van der Waals surface area contributed by atoms with Crippen LogP contribution in [0.2, 0.25) is 0 Å². The summed E-state index contributed by atoms with van der Waals surface area (Å²) in [7, 11) is 0. The predicted octanol–water partition coefficient (Wildman–Crippen LogP) is 2.54. The van der Waals surface area contributed by atoms with E-state index in [1.165, 1.54) is 24.8 Å². The molecular formula is C21H33N3O. The van der Waals surface area contributed by atoms with Gasteiger partial charge in [0.15, 0.2) is 0 Å². The summed E-state index contributed by atoms with van der Waals surface area (Å²) in [5.41, 5.74) is 1.41. The summed E-state index contributed by atoms with van der Waals surface area (Å²) in [6.07, 6.45) is 6.10. The van der Waals surface area contributed by atoms with Crippen molar-refractivity contribution in [2.75, 3.05) is 39.3 Å². The number of piperazine rings is 1. The Morgan fingerprint density at radius 1 is 1.04 bits per heavy atom. The lowest BCUT2D eigenvalue weighted by Crippen LogP contribution is -2.51. The van der Waals surface area contributed by atoms with E-state index in [9.17, 15) is 4.79 Å². The van der Waals surface area contributed by atoms with Gasteiger partial charge in [0.1, 0.15) is 0 Å². The lowest BCUT2D eigenvalue weighted by molar-refractivity contribution is -0.124. The van der Waals surface area contributed by atoms with Gasteiger partial charge in [-0.2, -0.15) is 0 Å². The molecule has 0 spiro atoms. The van der Waals surface area contributed by atoms with Crippen molar-refractivity contribution in [3.8, 4) is 0 Å². The van der Waals surface area contributed by atoms with Crippen molar-refractivity contribution in [1.82, 2.24) is 15.1 Å². The van der Waals surface area contributed by atoms with Gasteiger partial charge in [-0.1, -0.05) is 50.1 Å². The number of benzene rings is 1. The second-order valence-corrected chi connectivity index (χ2v) is 7.79. The minimum Gasteiger partial charge on any atom is -0.352 e. The average Bonchev–Trinajstić information content (AvgIpc) is 2.64. The van der Waals surface area contributed by atoms with Gasteiger partial charge in [-0.3, -0.25) is 9.69 Å². The predicted molar refractivity (Wildman–Crippen MR) is 103 cm³/mol. The monoisotopic (exact) mass is 343 g/mol. The normalized spacial score (nSPS) is 25.6. The maximum atomic E-state index is 12.4. The Morgan fingerprint density at radius 2 is 1.72 bits per heavy atom. The Kier molecular flexibility index (Phi) is 6.88. The van der Waals surface area contributed by atoms with Crippen LogP contribution in [-0.2, 0) is 11.2 Å². The highest BCUT2D eigenvalue weighted by atomic mass is 16.2. The third-order valence-corrected chi connectivity index (χ3v) is 5.85. The molecule has 138 valence electrons. The van der Waals surface area contributed by atoms with Crippen LogP contribution >= 0.6 is 0 Å². The second-order valence-electron chi connectivity index (χ2n) is 7.79. The first-order chi connectivity index (χ1) is 12.2. The van der Waals surface area contributed by atoms with Crippen LogP contribution in [0, 0.1) is 5.92 Å². The van der Waals surface area contributed by atoms with Crippen LogP contribution in [0.15, 0.2) is 30.3 Å². The van der Waals surface area contributed by atoms with E-state index in [4.69, 9.17) is 0 Å². The number of amides is 1. The van der Waals surface area contributed by atoms with E-state index in [1.54, 1.807) is 0 Å². The molecule has 25 heavy (non-hydrogen) atoms. The van der Waals surface area contributed by atoms with Crippen LogP contribution in [-0.4, -0.2) is 61.0 Å². The van der Waals surface area contributed by atoms with Gasteiger partial charge in [0.05, 0.1) is 6.54 Å². The Bertz CT molecular complexity index is 525. The highest BCUT2D eigenvalue weighted by Crippen LogP contribution is 2.23. The summed E-state index contributed by atoms with van der Waals surface area (Å²) in [6.45, 7) is 8.10. The van der Waals surface area contributed by atoms with Crippen LogP contribution in [0.25, 0.3) is 0 Å². The van der Waals surface area contributed by atoms with Crippen molar-refractivity contribution in [2.45, 2.75) is 45.1 Å². The molecule has 1 aliphatic heterocycles. The first kappa shape index (κ1) is 18.4. The maximum Gasteiger partial charge on any atom is 0.234 e. The van der Waals surface area contributed by atoms with Crippen LogP contribution in [0.4, 0.5) is 0 Å². The van der Waals surface area contributed by atoms with Gasteiger partial charge in [0.25, 0.3) is 0 Å². The van der Waals surface area contributed by atoms with E-state index in [-0.39, 0.29) is 5.91 Å². The van der Waals surface area contributed by atoms with Crippen LogP contribution in [0.1, 0.15) is 38.2 Å². The van der Waals surface area contributed by atoms with Crippen LogP contribution in [0.5, 0.6) is 0 Å². The summed E-state index contributed by atoms with van der Waals surface area (Å²) < 4.78 is 0. The molecule has 2 aliphatic rings. The number of carbonyl (C=O) groups excluding carboxylic acids is 1. The molecule has 4 nitrogen and oxygen atoms in total. The standard InChI is InChI=1S/C21H33N3O/c1-18-7-5-6-10-20(18)22-21(25)17-24-15-13-23(14-16-24)12-11-19-8-3-2-4-9-19/h2-4,8-9,18,20H,5-7,10-17H2,1H3,(H,22,25)/t18-,20-/m1/s1. The quantitative estimate of drug-likeness (QED) is 0.862. The van der Waals surface area contributed by atoms with Gasteiger partial charge in [0.2, 0.25) is 5.91 Å². The van der Waals surface area contributed by atoms with Crippen molar-refractivity contribution in [3.05, 3.63) is 35.9 Å². The summed E-state index contributed by atoms with van der Waals surface area (Å²) in [5.74, 6) is 0.851. The molecule has 4 heteroatoms. The summed E-state index contributed by atoms with van der Waals surface area (Å²) in [5, 5.41) is 3.28. The lowest BCUT2D eigenvalue weighted by atomic mass is 9.86. The minimum absolute atomic E-state index is 0.219. The van der Waals surface area contributed by atoms with E-state index in [1.807, 2.05) is 0 Å². The Balaban J connectivity index is 1.34. The molecule has 3 rings (SSSR count). The van der Waals surface area contributed by atoms with Gasteiger partial charge in [-0.25, -0.2) is 0 Å². The largest absolute Gasteiger partial charge is 0.352 e. The van der Waals surface area contributed by atoms with Gasteiger partial charge in [-0.15, -0.1) is 0 Å². The zero-order chi connectivity index (χ0) is 17.5. The summed E-state index contributed by atoms with van der Waals surface area (Å²) in [4.78, 5) is 17.2. The lowest BCUT2D eigenvalue weighted by Gasteiger charge is -2.35. The third kappa shape index (κ3) is 5.82. The highest BCUT2D eigenvalue weighted by Gasteiger charge is 2.24. The molecule has 0 radical (unpaired) electrons. The number of nitrogens with one attached hydrogen (secondary N) is 1. The summed E-state index contributed by atoms with van der Waals surface area (Å²) >= 11 is 0. The molecule has 1 saturated heterocycles. The number of carbonyl (C=O) groups is 1. The molecule has 0 unspecified atom stereocenters. The van der Waals surface area contributed by atoms with Crippen LogP contribution < -0.4 is 5.32 Å². The van der Waals surface area contributed by atoms with Crippen molar-refractivity contribution in [2.24, 2.45) is 5.92 Å². The molecule has 1 amide bonds. The van der Waals surface area contributed by atoms with Crippen molar-refractivity contribution < 1.29 is 4.79 Å². The Hall–Kier alpha value is -1.39.